The minimum Gasteiger partial charge on any atom is -0.337 e. The molecule has 1 rings (SSSR count). The first-order valence-electron chi connectivity index (χ1n) is 5.13. The molecule has 1 aliphatic rings. The summed E-state index contributed by atoms with van der Waals surface area (Å²) in [6.07, 6.45) is 3.19. The first-order valence-corrected chi connectivity index (χ1v) is 5.13. The van der Waals surface area contributed by atoms with Crippen LogP contribution in [0.3, 0.4) is 0 Å². The second kappa shape index (κ2) is 4.97. The Bertz CT molecular complexity index is 242. The van der Waals surface area contributed by atoms with Crippen LogP contribution in [0.25, 0.3) is 0 Å². The van der Waals surface area contributed by atoms with Crippen molar-refractivity contribution in [3.8, 4) is 6.07 Å². The fourth-order valence-electron chi connectivity index (χ4n) is 1.42. The van der Waals surface area contributed by atoms with Crippen molar-refractivity contribution in [1.29, 1.82) is 5.26 Å². The van der Waals surface area contributed by atoms with Crippen molar-refractivity contribution in [2.24, 2.45) is 5.73 Å². The maximum absolute atomic E-state index is 11.8. The highest BCUT2D eigenvalue weighted by Gasteiger charge is 2.33. The average Bonchev–Trinajstić information content (AvgIpc) is 3.01. The molecule has 1 aliphatic carbocycles. The smallest absolute Gasteiger partial charge is 0.239 e. The van der Waals surface area contributed by atoms with Gasteiger partial charge in [-0.25, -0.2) is 0 Å². The number of nitrogens with zero attached hydrogens (tertiary/aromatic N) is 2. The van der Waals surface area contributed by atoms with Crippen LogP contribution in [0.2, 0.25) is 0 Å². The molecule has 4 nitrogen and oxygen atoms in total. The van der Waals surface area contributed by atoms with E-state index in [9.17, 15) is 4.79 Å². The maximum atomic E-state index is 11.8. The van der Waals surface area contributed by atoms with Gasteiger partial charge in [-0.15, -0.1) is 0 Å². The standard InChI is InChI=1S/C10H17N3O/c1-2-9(12)10(14)13(7-3-6-11)8-4-5-8/h8-9H,2-5,7,12H2,1H3/t9-/m1/s1. The summed E-state index contributed by atoms with van der Waals surface area (Å²) in [5, 5.41) is 8.48. The third-order valence-electron chi connectivity index (χ3n) is 2.49. The van der Waals surface area contributed by atoms with E-state index >= 15 is 0 Å². The summed E-state index contributed by atoms with van der Waals surface area (Å²) in [4.78, 5) is 13.5. The summed E-state index contributed by atoms with van der Waals surface area (Å²) in [7, 11) is 0. The molecule has 0 aromatic rings. The fraction of sp³-hybridized carbons (Fsp3) is 0.800. The molecule has 0 spiro atoms. The van der Waals surface area contributed by atoms with E-state index in [0.717, 1.165) is 12.8 Å². The Hall–Kier alpha value is -1.08. The summed E-state index contributed by atoms with van der Waals surface area (Å²) in [5.41, 5.74) is 5.68. The molecule has 1 saturated carbocycles. The lowest BCUT2D eigenvalue weighted by Gasteiger charge is -2.24. The Morgan fingerprint density at radius 2 is 2.36 bits per heavy atom. The molecule has 1 fully saturated rings. The van der Waals surface area contributed by atoms with Crippen LogP contribution in [-0.4, -0.2) is 29.4 Å². The predicted molar refractivity (Wildman–Crippen MR) is 53.2 cm³/mol. The summed E-state index contributed by atoms with van der Waals surface area (Å²) < 4.78 is 0. The topological polar surface area (TPSA) is 70.1 Å². The van der Waals surface area contributed by atoms with Crippen molar-refractivity contribution in [2.45, 2.75) is 44.7 Å². The maximum Gasteiger partial charge on any atom is 0.239 e. The normalized spacial score (nSPS) is 17.2. The van der Waals surface area contributed by atoms with Gasteiger partial charge >= 0.3 is 0 Å². The molecule has 1 atom stereocenters. The lowest BCUT2D eigenvalue weighted by molar-refractivity contribution is -0.133. The van der Waals surface area contributed by atoms with Crippen LogP contribution in [0, 0.1) is 11.3 Å². The second-order valence-corrected chi connectivity index (χ2v) is 3.69. The van der Waals surface area contributed by atoms with E-state index in [1.54, 1.807) is 4.90 Å². The van der Waals surface area contributed by atoms with Gasteiger partial charge in [0.2, 0.25) is 5.91 Å². The fourth-order valence-corrected chi connectivity index (χ4v) is 1.42. The third kappa shape index (κ3) is 2.71. The van der Waals surface area contributed by atoms with Gasteiger partial charge in [0.05, 0.1) is 18.5 Å². The van der Waals surface area contributed by atoms with Crippen LogP contribution in [0.15, 0.2) is 0 Å². The summed E-state index contributed by atoms with van der Waals surface area (Å²) in [6.45, 7) is 2.44. The SMILES string of the molecule is CC[C@@H](N)C(=O)N(CCC#N)C1CC1. The van der Waals surface area contributed by atoms with Crippen LogP contribution < -0.4 is 5.73 Å². The van der Waals surface area contributed by atoms with Crippen molar-refractivity contribution in [1.82, 2.24) is 4.90 Å². The van der Waals surface area contributed by atoms with Crippen LogP contribution in [0.5, 0.6) is 0 Å². The zero-order valence-corrected chi connectivity index (χ0v) is 8.57. The zero-order chi connectivity index (χ0) is 10.6. The minimum atomic E-state index is -0.394. The number of nitriles is 1. The zero-order valence-electron chi connectivity index (χ0n) is 8.57. The van der Waals surface area contributed by atoms with E-state index in [-0.39, 0.29) is 5.91 Å². The second-order valence-electron chi connectivity index (χ2n) is 3.69. The van der Waals surface area contributed by atoms with Gasteiger partial charge in [-0.3, -0.25) is 4.79 Å². The summed E-state index contributed by atoms with van der Waals surface area (Å²) in [6, 6.07) is 2.02. The van der Waals surface area contributed by atoms with Crippen molar-refractivity contribution in [2.75, 3.05) is 6.54 Å². The van der Waals surface area contributed by atoms with Crippen molar-refractivity contribution >= 4 is 5.91 Å². The molecule has 1 amide bonds. The summed E-state index contributed by atoms with van der Waals surface area (Å²) >= 11 is 0. The van der Waals surface area contributed by atoms with E-state index in [1.165, 1.54) is 0 Å². The molecular formula is C10H17N3O. The Balaban J connectivity index is 2.49. The number of nitrogens with two attached hydrogens (primary N) is 1. The lowest BCUT2D eigenvalue weighted by atomic mass is 10.2. The molecule has 0 heterocycles. The molecule has 0 aromatic heterocycles. The van der Waals surface area contributed by atoms with Crippen LogP contribution in [-0.2, 0) is 4.79 Å². The van der Waals surface area contributed by atoms with Crippen molar-refractivity contribution in [3.05, 3.63) is 0 Å². The van der Waals surface area contributed by atoms with Gasteiger partial charge in [0.1, 0.15) is 0 Å². The monoisotopic (exact) mass is 195 g/mol. The van der Waals surface area contributed by atoms with Crippen molar-refractivity contribution < 1.29 is 4.79 Å². The quantitative estimate of drug-likeness (QED) is 0.699. The summed E-state index contributed by atoms with van der Waals surface area (Å²) in [5.74, 6) is 0.00486. The number of rotatable bonds is 5. The van der Waals surface area contributed by atoms with E-state index in [0.29, 0.717) is 25.4 Å². The van der Waals surface area contributed by atoms with Gasteiger partial charge in [0.15, 0.2) is 0 Å². The van der Waals surface area contributed by atoms with Crippen LogP contribution in [0.1, 0.15) is 32.6 Å². The average molecular weight is 195 g/mol. The van der Waals surface area contributed by atoms with Crippen molar-refractivity contribution in [3.63, 3.8) is 0 Å². The van der Waals surface area contributed by atoms with Gasteiger partial charge in [-0.05, 0) is 19.3 Å². The highest BCUT2D eigenvalue weighted by Crippen LogP contribution is 2.27. The van der Waals surface area contributed by atoms with E-state index in [4.69, 9.17) is 11.0 Å². The molecule has 0 aliphatic heterocycles. The van der Waals surface area contributed by atoms with Gasteiger partial charge < -0.3 is 10.6 Å². The molecule has 0 saturated heterocycles. The predicted octanol–water partition coefficient (Wildman–Crippen LogP) is 0.628. The number of hydrogen-bond donors (Lipinski definition) is 1. The molecular weight excluding hydrogens is 178 g/mol. The third-order valence-corrected chi connectivity index (χ3v) is 2.49. The van der Waals surface area contributed by atoms with Crippen LogP contribution in [0.4, 0.5) is 0 Å². The highest BCUT2D eigenvalue weighted by molar-refractivity contribution is 5.82. The Kier molecular flexibility index (Phi) is 3.90. The number of carbonyl (C=O) groups is 1. The number of amides is 1. The van der Waals surface area contributed by atoms with Gasteiger partial charge in [0, 0.05) is 12.6 Å². The first kappa shape index (κ1) is 11.0. The minimum absolute atomic E-state index is 0.00486. The van der Waals surface area contributed by atoms with Crippen LogP contribution >= 0.6 is 0 Å². The molecule has 0 bridgehead atoms. The molecule has 0 unspecified atom stereocenters. The molecule has 78 valence electrons. The molecule has 2 N–H and O–H groups in total. The van der Waals surface area contributed by atoms with E-state index in [1.807, 2.05) is 6.92 Å². The van der Waals surface area contributed by atoms with E-state index < -0.39 is 6.04 Å². The molecule has 0 aromatic carbocycles. The molecule has 0 radical (unpaired) electrons. The largest absolute Gasteiger partial charge is 0.337 e. The lowest BCUT2D eigenvalue weighted by Crippen LogP contribution is -2.44. The molecule has 4 heteroatoms. The Morgan fingerprint density at radius 3 is 2.79 bits per heavy atom. The highest BCUT2D eigenvalue weighted by atomic mass is 16.2. The Labute approximate surface area is 84.7 Å². The van der Waals surface area contributed by atoms with Gasteiger partial charge in [0.25, 0.3) is 0 Å². The first-order chi connectivity index (χ1) is 6.70. The number of carbonyl (C=O) groups excluding carboxylic acids is 1. The van der Waals surface area contributed by atoms with Gasteiger partial charge in [-0.2, -0.15) is 5.26 Å². The molecule has 14 heavy (non-hydrogen) atoms. The number of hydrogen-bond acceptors (Lipinski definition) is 3. The van der Waals surface area contributed by atoms with Gasteiger partial charge in [-0.1, -0.05) is 6.92 Å². The Morgan fingerprint density at radius 1 is 1.71 bits per heavy atom. The van der Waals surface area contributed by atoms with E-state index in [2.05, 4.69) is 6.07 Å².